The molecular formula is C16H21N5O4S. The van der Waals surface area contributed by atoms with Crippen molar-refractivity contribution >= 4 is 15.9 Å². The van der Waals surface area contributed by atoms with Gasteiger partial charge in [0.15, 0.2) is 0 Å². The summed E-state index contributed by atoms with van der Waals surface area (Å²) in [4.78, 5) is 22.4. The van der Waals surface area contributed by atoms with Crippen molar-refractivity contribution in [2.75, 3.05) is 32.4 Å². The molecule has 2 aliphatic heterocycles. The van der Waals surface area contributed by atoms with Crippen LogP contribution < -0.4 is 4.74 Å². The van der Waals surface area contributed by atoms with Crippen molar-refractivity contribution in [1.82, 2.24) is 19.2 Å². The van der Waals surface area contributed by atoms with Crippen LogP contribution in [-0.2, 0) is 14.8 Å². The van der Waals surface area contributed by atoms with Gasteiger partial charge in [-0.15, -0.1) is 0 Å². The summed E-state index contributed by atoms with van der Waals surface area (Å²) in [7, 11) is -3.19. The Hall–Kier alpha value is -2.25. The van der Waals surface area contributed by atoms with E-state index in [1.54, 1.807) is 4.90 Å². The fourth-order valence-electron chi connectivity index (χ4n) is 3.36. The molecule has 3 heterocycles. The largest absolute Gasteiger partial charge is 0.470 e. The number of aromatic nitrogens is 2. The van der Waals surface area contributed by atoms with Gasteiger partial charge in [0.1, 0.15) is 12.2 Å². The molecule has 2 fully saturated rings. The molecule has 2 saturated heterocycles. The lowest BCUT2D eigenvalue weighted by atomic mass is 9.97. The summed E-state index contributed by atoms with van der Waals surface area (Å²) in [6, 6.07) is 1.94. The van der Waals surface area contributed by atoms with Gasteiger partial charge in [-0.1, -0.05) is 0 Å². The molecule has 1 atom stereocenters. The molecule has 0 unspecified atom stereocenters. The first kappa shape index (κ1) is 18.5. The van der Waals surface area contributed by atoms with Gasteiger partial charge < -0.3 is 9.64 Å². The van der Waals surface area contributed by atoms with Crippen molar-refractivity contribution in [3.63, 3.8) is 0 Å². The van der Waals surface area contributed by atoms with Gasteiger partial charge in [0.05, 0.1) is 12.8 Å². The fraction of sp³-hybridized carbons (Fsp3) is 0.625. The maximum Gasteiger partial charge on any atom is 0.251 e. The summed E-state index contributed by atoms with van der Waals surface area (Å²) < 4.78 is 30.3. The normalized spacial score (nSPS) is 22.2. The van der Waals surface area contributed by atoms with Crippen molar-refractivity contribution in [2.45, 2.75) is 25.4 Å². The predicted molar refractivity (Wildman–Crippen MR) is 91.5 cm³/mol. The maximum absolute atomic E-state index is 12.7. The topological polar surface area (TPSA) is 116 Å². The Morgan fingerprint density at radius 1 is 1.23 bits per heavy atom. The number of carbonyl (C=O) groups is 1. The highest BCUT2D eigenvalue weighted by Gasteiger charge is 2.35. The Kier molecular flexibility index (Phi) is 5.38. The smallest absolute Gasteiger partial charge is 0.251 e. The van der Waals surface area contributed by atoms with Crippen LogP contribution in [-0.4, -0.2) is 72.0 Å². The Bertz CT molecular complexity index is 814. The van der Waals surface area contributed by atoms with E-state index in [1.807, 2.05) is 6.07 Å². The SMILES string of the molecule is CS(=O)(=O)N1CCC(C(=O)N2CC[C@@H](Oc3nccnc3C#N)C2)CC1. The maximum atomic E-state index is 12.7. The van der Waals surface area contributed by atoms with E-state index in [0.717, 1.165) is 0 Å². The molecule has 1 aromatic heterocycles. The minimum atomic E-state index is -3.19. The van der Waals surface area contributed by atoms with Gasteiger partial charge in [-0.25, -0.2) is 22.7 Å². The first-order valence-electron chi connectivity index (χ1n) is 8.50. The number of hydrogen-bond acceptors (Lipinski definition) is 7. The average molecular weight is 379 g/mol. The van der Waals surface area contributed by atoms with Crippen LogP contribution in [0.4, 0.5) is 0 Å². The zero-order valence-electron chi connectivity index (χ0n) is 14.5. The number of ether oxygens (including phenoxy) is 1. The van der Waals surface area contributed by atoms with E-state index in [9.17, 15) is 13.2 Å². The van der Waals surface area contributed by atoms with Crippen molar-refractivity contribution < 1.29 is 17.9 Å². The minimum absolute atomic E-state index is 0.0453. The molecule has 9 nitrogen and oxygen atoms in total. The number of amides is 1. The number of nitrogens with zero attached hydrogens (tertiary/aromatic N) is 5. The van der Waals surface area contributed by atoms with Crippen molar-refractivity contribution in [1.29, 1.82) is 5.26 Å². The lowest BCUT2D eigenvalue weighted by molar-refractivity contribution is -0.135. The van der Waals surface area contributed by atoms with Gasteiger partial charge >= 0.3 is 0 Å². The van der Waals surface area contributed by atoms with E-state index in [1.165, 1.54) is 23.0 Å². The molecule has 140 valence electrons. The van der Waals surface area contributed by atoms with Gasteiger partial charge in [0.2, 0.25) is 21.6 Å². The van der Waals surface area contributed by atoms with Crippen molar-refractivity contribution in [3.8, 4) is 11.9 Å². The molecule has 1 amide bonds. The highest BCUT2D eigenvalue weighted by Crippen LogP contribution is 2.25. The monoisotopic (exact) mass is 379 g/mol. The molecule has 2 aliphatic rings. The number of sulfonamides is 1. The molecule has 3 rings (SSSR count). The highest BCUT2D eigenvalue weighted by atomic mass is 32.2. The van der Waals surface area contributed by atoms with Crippen LogP contribution in [0.2, 0.25) is 0 Å². The summed E-state index contributed by atoms with van der Waals surface area (Å²) in [6.45, 7) is 1.78. The second kappa shape index (κ2) is 7.55. The van der Waals surface area contributed by atoms with Crippen molar-refractivity contribution in [3.05, 3.63) is 18.1 Å². The Morgan fingerprint density at radius 2 is 1.92 bits per heavy atom. The van der Waals surface area contributed by atoms with E-state index < -0.39 is 10.0 Å². The number of rotatable bonds is 4. The number of hydrogen-bond donors (Lipinski definition) is 0. The van der Waals surface area contributed by atoms with Crippen LogP contribution in [0.15, 0.2) is 12.4 Å². The van der Waals surface area contributed by atoms with Gasteiger partial charge in [-0.05, 0) is 12.8 Å². The zero-order chi connectivity index (χ0) is 18.7. The molecule has 0 aliphatic carbocycles. The van der Waals surface area contributed by atoms with E-state index in [2.05, 4.69) is 9.97 Å². The van der Waals surface area contributed by atoms with Crippen LogP contribution in [0, 0.1) is 17.2 Å². The molecule has 0 saturated carbocycles. The van der Waals surface area contributed by atoms with Crippen molar-refractivity contribution in [2.24, 2.45) is 5.92 Å². The molecule has 0 bridgehead atoms. The number of carbonyl (C=O) groups excluding carboxylic acids is 1. The van der Waals surface area contributed by atoms with Gasteiger partial charge in [-0.2, -0.15) is 5.26 Å². The van der Waals surface area contributed by atoms with Gasteiger partial charge in [-0.3, -0.25) is 4.79 Å². The van der Waals surface area contributed by atoms with Crippen LogP contribution in [0.1, 0.15) is 25.0 Å². The minimum Gasteiger partial charge on any atom is -0.470 e. The molecule has 0 aromatic carbocycles. The number of nitriles is 1. The highest BCUT2D eigenvalue weighted by molar-refractivity contribution is 7.88. The van der Waals surface area contributed by atoms with E-state index in [0.29, 0.717) is 45.4 Å². The van der Waals surface area contributed by atoms with Crippen LogP contribution in [0.3, 0.4) is 0 Å². The summed E-state index contributed by atoms with van der Waals surface area (Å²) in [5.74, 6) is 0.0811. The number of piperidine rings is 1. The lowest BCUT2D eigenvalue weighted by Gasteiger charge is -2.31. The summed E-state index contributed by atoms with van der Waals surface area (Å²) in [5, 5.41) is 9.04. The standard InChI is InChI=1S/C16H21N5O4S/c1-26(23,24)21-8-2-12(3-9-21)16(22)20-7-4-13(11-20)25-15-14(10-17)18-5-6-19-15/h5-6,12-13H,2-4,7-9,11H2,1H3/t13-/m1/s1. The Labute approximate surface area is 152 Å². The second-order valence-electron chi connectivity index (χ2n) is 6.57. The van der Waals surface area contributed by atoms with Crippen LogP contribution in [0.25, 0.3) is 0 Å². The first-order chi connectivity index (χ1) is 12.4. The molecule has 26 heavy (non-hydrogen) atoms. The molecular weight excluding hydrogens is 358 g/mol. The summed E-state index contributed by atoms with van der Waals surface area (Å²) in [5.41, 5.74) is 0.130. The fourth-order valence-corrected chi connectivity index (χ4v) is 4.24. The molecule has 0 spiro atoms. The Balaban J connectivity index is 1.54. The van der Waals surface area contributed by atoms with Crippen LogP contribution in [0.5, 0.6) is 5.88 Å². The van der Waals surface area contributed by atoms with E-state index in [-0.39, 0.29) is 29.5 Å². The van der Waals surface area contributed by atoms with Gasteiger partial charge in [0.25, 0.3) is 5.88 Å². The summed E-state index contributed by atoms with van der Waals surface area (Å²) >= 11 is 0. The Morgan fingerprint density at radius 3 is 2.58 bits per heavy atom. The predicted octanol–water partition coefficient (Wildman–Crippen LogP) is -0.000420. The number of likely N-dealkylation sites (tertiary alicyclic amines) is 1. The third-order valence-corrected chi connectivity index (χ3v) is 6.08. The molecule has 0 N–H and O–H groups in total. The lowest BCUT2D eigenvalue weighted by Crippen LogP contribution is -2.43. The third kappa shape index (κ3) is 4.11. The zero-order valence-corrected chi connectivity index (χ0v) is 15.4. The molecule has 10 heteroatoms. The van der Waals surface area contributed by atoms with E-state index in [4.69, 9.17) is 10.00 Å². The average Bonchev–Trinajstić information content (AvgIpc) is 3.09. The second-order valence-corrected chi connectivity index (χ2v) is 8.55. The quantitative estimate of drug-likeness (QED) is 0.723. The summed E-state index contributed by atoms with van der Waals surface area (Å²) in [6.07, 6.45) is 5.60. The van der Waals surface area contributed by atoms with Gasteiger partial charge in [0, 0.05) is 44.4 Å². The first-order valence-corrected chi connectivity index (χ1v) is 10.3. The molecule has 0 radical (unpaired) electrons. The van der Waals surface area contributed by atoms with E-state index >= 15 is 0 Å². The third-order valence-electron chi connectivity index (χ3n) is 4.78. The van der Waals surface area contributed by atoms with Crippen LogP contribution >= 0.6 is 0 Å². The molecule has 1 aromatic rings.